The number of carbonyl (C=O) groups excluding carboxylic acids is 2. The van der Waals surface area contributed by atoms with Crippen molar-refractivity contribution in [2.75, 3.05) is 19.8 Å². The minimum absolute atomic E-state index is 0.0487. The largest absolute Gasteiger partial charge is 0.453 e. The van der Waals surface area contributed by atoms with E-state index in [0.29, 0.717) is 18.2 Å². The first-order valence-electron chi connectivity index (χ1n) is 7.85. The third kappa shape index (κ3) is 2.99. The first-order chi connectivity index (χ1) is 11.9. The number of urea groups is 1. The van der Waals surface area contributed by atoms with Crippen LogP contribution >= 0.6 is 0 Å². The molecule has 1 aliphatic heterocycles. The fraction of sp³-hybridized carbons (Fsp3) is 0.375. The van der Waals surface area contributed by atoms with E-state index in [4.69, 9.17) is 14.9 Å². The molecule has 9 nitrogen and oxygen atoms in total. The Morgan fingerprint density at radius 1 is 1.36 bits per heavy atom. The molecule has 0 radical (unpaired) electrons. The van der Waals surface area contributed by atoms with Gasteiger partial charge in [-0.25, -0.2) is 9.48 Å². The Balaban J connectivity index is 2.17. The normalized spacial score (nSPS) is 24.2. The van der Waals surface area contributed by atoms with Crippen LogP contribution in [0, 0.1) is 6.92 Å². The van der Waals surface area contributed by atoms with Crippen LogP contribution in [0.25, 0.3) is 0 Å². The highest BCUT2D eigenvalue weighted by molar-refractivity contribution is 5.95. The summed E-state index contributed by atoms with van der Waals surface area (Å²) in [5.41, 5.74) is 6.26. The average molecular weight is 346 g/mol. The summed E-state index contributed by atoms with van der Waals surface area (Å²) in [6, 6.07) is 7.57. The molecule has 0 bridgehead atoms. The van der Waals surface area contributed by atoms with Crippen LogP contribution in [0.2, 0.25) is 0 Å². The number of para-hydroxylation sites is 1. The Kier molecular flexibility index (Phi) is 4.51. The van der Waals surface area contributed by atoms with E-state index in [1.165, 1.54) is 4.68 Å². The summed E-state index contributed by atoms with van der Waals surface area (Å²) in [5.74, 6) is -0.237. The zero-order valence-electron chi connectivity index (χ0n) is 14.1. The summed E-state index contributed by atoms with van der Waals surface area (Å²) in [6.07, 6.45) is 0. The van der Waals surface area contributed by atoms with Crippen molar-refractivity contribution in [2.24, 2.45) is 17.8 Å². The zero-order chi connectivity index (χ0) is 18.0. The van der Waals surface area contributed by atoms with Crippen LogP contribution in [0.1, 0.15) is 5.89 Å². The zero-order valence-corrected chi connectivity index (χ0v) is 14.1. The lowest BCUT2D eigenvalue weighted by Gasteiger charge is -2.41. The summed E-state index contributed by atoms with van der Waals surface area (Å²) in [6.45, 7) is 2.26. The van der Waals surface area contributed by atoms with Crippen LogP contribution in [-0.4, -0.2) is 47.5 Å². The predicted octanol–water partition coefficient (Wildman–Crippen LogP) is 0.234. The molecule has 1 aromatic heterocycles. The Hall–Kier alpha value is -2.78. The maximum absolute atomic E-state index is 13.2. The molecule has 3 rings (SSSR count). The van der Waals surface area contributed by atoms with Crippen molar-refractivity contribution < 1.29 is 18.7 Å². The second kappa shape index (κ2) is 6.61. The van der Waals surface area contributed by atoms with Gasteiger partial charge in [-0.2, -0.15) is 4.48 Å². The number of aryl methyl sites for hydroxylation is 2. The molecule has 1 saturated heterocycles. The number of ether oxygens (including phenoxy) is 1. The summed E-state index contributed by atoms with van der Waals surface area (Å²) in [4.78, 5) is 29.4. The Labute approximate surface area is 143 Å². The molecule has 0 aliphatic carbocycles. The lowest BCUT2D eigenvalue weighted by Crippen LogP contribution is -2.69. The molecule has 3 amide bonds. The summed E-state index contributed by atoms with van der Waals surface area (Å²) < 4.78 is 11.8. The number of hydrogen-bond donors (Lipinski definition) is 1. The predicted molar refractivity (Wildman–Crippen MR) is 88.1 cm³/mol. The maximum Gasteiger partial charge on any atom is 0.453 e. The highest BCUT2D eigenvalue weighted by atomic mass is 16.5. The lowest BCUT2D eigenvalue weighted by molar-refractivity contribution is -0.126. The number of aromatic nitrogens is 2. The van der Waals surface area contributed by atoms with Gasteiger partial charge in [-0.15, -0.1) is 10.1 Å². The van der Waals surface area contributed by atoms with Crippen molar-refractivity contribution in [1.82, 2.24) is 14.3 Å². The molecule has 2 N–H and O–H groups in total. The van der Waals surface area contributed by atoms with Crippen molar-refractivity contribution in [3.8, 4) is 0 Å². The number of morpholine rings is 1. The van der Waals surface area contributed by atoms with Gasteiger partial charge in [-0.3, -0.25) is 4.79 Å². The molecule has 2 unspecified atom stereocenters. The standard InChI is InChI=1S/C16H19N5O4/c1-11-19-20(2)15(25-11)18-16(23)21(12-6-4-3-5-7-12)8-9-24-10-13(21)14(17)22/h3-7,13H,8-10H2,1-2H3,(H-,17,22)/p+1. The van der Waals surface area contributed by atoms with Gasteiger partial charge in [0.1, 0.15) is 18.8 Å². The summed E-state index contributed by atoms with van der Waals surface area (Å²) >= 11 is 0. The van der Waals surface area contributed by atoms with Gasteiger partial charge >= 0.3 is 11.7 Å². The molecular formula is C16H20N5O4+. The first-order valence-corrected chi connectivity index (χ1v) is 7.85. The van der Waals surface area contributed by atoms with E-state index in [0.717, 1.165) is 0 Å². The minimum Gasteiger partial charge on any atom is -0.408 e. The maximum atomic E-state index is 13.2. The van der Waals surface area contributed by atoms with Gasteiger partial charge in [0, 0.05) is 14.0 Å². The van der Waals surface area contributed by atoms with Gasteiger partial charge in [0.15, 0.2) is 0 Å². The number of nitrogens with two attached hydrogens (primary N) is 1. The number of primary amides is 1. The number of carbonyl (C=O) groups is 2. The van der Waals surface area contributed by atoms with Crippen molar-refractivity contribution in [3.63, 3.8) is 0 Å². The summed E-state index contributed by atoms with van der Waals surface area (Å²) in [5, 5.41) is 4.04. The number of quaternary nitrogens is 1. The number of benzene rings is 1. The Morgan fingerprint density at radius 3 is 2.68 bits per heavy atom. The minimum atomic E-state index is -0.873. The molecule has 1 fully saturated rings. The van der Waals surface area contributed by atoms with E-state index in [1.54, 1.807) is 38.2 Å². The summed E-state index contributed by atoms with van der Waals surface area (Å²) in [7, 11) is 1.63. The van der Waals surface area contributed by atoms with Crippen LogP contribution in [-0.2, 0) is 16.6 Å². The highest BCUT2D eigenvalue weighted by Gasteiger charge is 2.52. The van der Waals surface area contributed by atoms with Crippen LogP contribution < -0.4 is 15.9 Å². The second-order valence-corrected chi connectivity index (χ2v) is 5.84. The van der Waals surface area contributed by atoms with Crippen molar-refractivity contribution in [2.45, 2.75) is 13.0 Å². The Bertz CT molecular complexity index is 857. The molecule has 0 spiro atoms. The van der Waals surface area contributed by atoms with E-state index < -0.39 is 18.0 Å². The average Bonchev–Trinajstić information content (AvgIpc) is 2.92. The molecule has 2 heterocycles. The third-order valence-electron chi connectivity index (χ3n) is 4.28. The number of amides is 3. The lowest BCUT2D eigenvalue weighted by atomic mass is 10.1. The van der Waals surface area contributed by atoms with Crippen molar-refractivity contribution >= 4 is 17.6 Å². The number of rotatable bonds is 2. The monoisotopic (exact) mass is 346 g/mol. The van der Waals surface area contributed by atoms with Gasteiger partial charge in [0.2, 0.25) is 11.9 Å². The molecule has 9 heteroatoms. The molecule has 1 aliphatic rings. The number of nitrogens with zero attached hydrogens (tertiary/aromatic N) is 4. The molecule has 2 atom stereocenters. The van der Waals surface area contributed by atoms with Crippen molar-refractivity contribution in [3.05, 3.63) is 41.9 Å². The van der Waals surface area contributed by atoms with E-state index in [1.807, 2.05) is 6.07 Å². The second-order valence-electron chi connectivity index (χ2n) is 5.84. The highest BCUT2D eigenvalue weighted by Crippen LogP contribution is 2.30. The van der Waals surface area contributed by atoms with E-state index >= 15 is 0 Å². The van der Waals surface area contributed by atoms with Gasteiger partial charge < -0.3 is 14.9 Å². The van der Waals surface area contributed by atoms with Gasteiger partial charge in [-0.05, 0) is 12.1 Å². The van der Waals surface area contributed by atoms with Gasteiger partial charge in [-0.1, -0.05) is 18.2 Å². The molecule has 132 valence electrons. The smallest absolute Gasteiger partial charge is 0.408 e. The van der Waals surface area contributed by atoms with E-state index in [-0.39, 0.29) is 23.3 Å². The molecule has 1 aromatic carbocycles. The van der Waals surface area contributed by atoms with Crippen LogP contribution in [0.15, 0.2) is 39.7 Å². The quantitative estimate of drug-likeness (QED) is 0.782. The Morgan fingerprint density at radius 2 is 2.08 bits per heavy atom. The fourth-order valence-corrected chi connectivity index (χ4v) is 3.07. The topological polar surface area (TPSA) is 113 Å². The molecule has 0 saturated carbocycles. The third-order valence-corrected chi connectivity index (χ3v) is 4.28. The number of hydrogen-bond acceptors (Lipinski definition) is 5. The van der Waals surface area contributed by atoms with Gasteiger partial charge in [0.05, 0.1) is 6.61 Å². The van der Waals surface area contributed by atoms with E-state index in [2.05, 4.69) is 10.1 Å². The molecule has 25 heavy (non-hydrogen) atoms. The first kappa shape index (κ1) is 17.1. The van der Waals surface area contributed by atoms with Gasteiger partial charge in [0.25, 0.3) is 5.91 Å². The van der Waals surface area contributed by atoms with Crippen LogP contribution in [0.4, 0.5) is 10.5 Å². The molecule has 2 aromatic rings. The SMILES string of the molecule is Cc1nn(C)c(=NC(=O)[N+]2(c3ccccc3)CCOCC2C(N)=O)o1. The fourth-order valence-electron chi connectivity index (χ4n) is 3.07. The van der Waals surface area contributed by atoms with Crippen LogP contribution in [0.3, 0.4) is 0 Å². The van der Waals surface area contributed by atoms with Crippen LogP contribution in [0.5, 0.6) is 0 Å². The molecular weight excluding hydrogens is 326 g/mol. The van der Waals surface area contributed by atoms with Crippen molar-refractivity contribution in [1.29, 1.82) is 0 Å². The van der Waals surface area contributed by atoms with E-state index in [9.17, 15) is 9.59 Å².